The van der Waals surface area contributed by atoms with Gasteiger partial charge in [0.1, 0.15) is 5.82 Å². The van der Waals surface area contributed by atoms with Crippen LogP contribution in [-0.2, 0) is 11.4 Å². The van der Waals surface area contributed by atoms with Crippen molar-refractivity contribution in [1.29, 1.82) is 0 Å². The maximum atomic E-state index is 14.0. The number of nitrogens with one attached hydrogen (secondary N) is 1. The molecule has 1 aromatic rings. The maximum Gasteiger partial charge on any atom is 0.127 e. The minimum atomic E-state index is -0.0627. The fourth-order valence-electron chi connectivity index (χ4n) is 2.58. The van der Waals surface area contributed by atoms with Crippen LogP contribution in [0.15, 0.2) is 18.2 Å². The second-order valence-electron chi connectivity index (χ2n) is 4.72. The van der Waals surface area contributed by atoms with Crippen LogP contribution in [0, 0.1) is 5.82 Å². The van der Waals surface area contributed by atoms with Crippen LogP contribution in [0.5, 0.6) is 0 Å². The van der Waals surface area contributed by atoms with Gasteiger partial charge in [-0.3, -0.25) is 0 Å². The highest BCUT2D eigenvalue weighted by atomic mass is 19.1. The molecule has 0 bridgehead atoms. The molecular weight excluding hydrogens is 217 g/mol. The summed E-state index contributed by atoms with van der Waals surface area (Å²) in [5.74, 6) is 0.362. The zero-order valence-electron chi connectivity index (χ0n) is 10.3. The third kappa shape index (κ3) is 3.27. The highest BCUT2D eigenvalue weighted by Gasteiger charge is 2.18. The number of rotatable bonds is 4. The van der Waals surface area contributed by atoms with Crippen LogP contribution in [0.1, 0.15) is 49.1 Å². The van der Waals surface area contributed by atoms with Gasteiger partial charge in [-0.05, 0) is 36.0 Å². The Balaban J connectivity index is 2.07. The third-order valence-corrected chi connectivity index (χ3v) is 3.53. The van der Waals surface area contributed by atoms with Gasteiger partial charge < -0.3 is 4.84 Å². The molecule has 3 heteroatoms. The third-order valence-electron chi connectivity index (χ3n) is 3.53. The van der Waals surface area contributed by atoms with E-state index in [2.05, 4.69) is 5.48 Å². The van der Waals surface area contributed by atoms with Crippen molar-refractivity contribution in [1.82, 2.24) is 5.48 Å². The quantitative estimate of drug-likeness (QED) is 0.809. The molecular formula is C14H20FNO. The summed E-state index contributed by atoms with van der Waals surface area (Å²) in [6.45, 7) is 0.540. The summed E-state index contributed by atoms with van der Waals surface area (Å²) < 4.78 is 14.0. The Morgan fingerprint density at radius 1 is 1.29 bits per heavy atom. The molecule has 0 spiro atoms. The van der Waals surface area contributed by atoms with Gasteiger partial charge in [-0.1, -0.05) is 31.4 Å². The molecule has 1 fully saturated rings. The monoisotopic (exact) mass is 237 g/mol. The largest absolute Gasteiger partial charge is 0.305 e. The van der Waals surface area contributed by atoms with Crippen molar-refractivity contribution in [2.75, 3.05) is 7.11 Å². The minimum Gasteiger partial charge on any atom is -0.305 e. The molecule has 0 aromatic heterocycles. The SMILES string of the molecule is CONCc1ccc(C2CCCCC2)c(F)c1. The normalized spacial score (nSPS) is 17.3. The topological polar surface area (TPSA) is 21.3 Å². The summed E-state index contributed by atoms with van der Waals surface area (Å²) in [5, 5.41) is 0. The van der Waals surface area contributed by atoms with Crippen LogP contribution in [0.2, 0.25) is 0 Å². The Kier molecular flexibility index (Phi) is 4.51. The summed E-state index contributed by atoms with van der Waals surface area (Å²) in [7, 11) is 1.56. The van der Waals surface area contributed by atoms with Gasteiger partial charge in [-0.25, -0.2) is 4.39 Å². The highest BCUT2D eigenvalue weighted by Crippen LogP contribution is 2.34. The Morgan fingerprint density at radius 3 is 2.71 bits per heavy atom. The van der Waals surface area contributed by atoms with E-state index in [9.17, 15) is 4.39 Å². The molecule has 0 aliphatic heterocycles. The molecule has 1 aliphatic carbocycles. The van der Waals surface area contributed by atoms with Gasteiger partial charge in [-0.15, -0.1) is 0 Å². The van der Waals surface area contributed by atoms with Crippen molar-refractivity contribution in [2.45, 2.75) is 44.6 Å². The van der Waals surface area contributed by atoms with E-state index in [0.29, 0.717) is 12.5 Å². The Bertz CT molecular complexity index is 361. The second-order valence-corrected chi connectivity index (χ2v) is 4.72. The summed E-state index contributed by atoms with van der Waals surface area (Å²) in [5.41, 5.74) is 4.54. The van der Waals surface area contributed by atoms with Gasteiger partial charge in [0.2, 0.25) is 0 Å². The number of benzene rings is 1. The minimum absolute atomic E-state index is 0.0627. The van der Waals surface area contributed by atoms with E-state index in [1.807, 2.05) is 12.1 Å². The van der Waals surface area contributed by atoms with Crippen LogP contribution < -0.4 is 5.48 Å². The number of halogens is 1. The first-order valence-corrected chi connectivity index (χ1v) is 6.35. The molecule has 0 amide bonds. The Morgan fingerprint density at radius 2 is 2.06 bits per heavy atom. The molecule has 0 radical (unpaired) electrons. The molecule has 0 unspecified atom stereocenters. The molecule has 0 saturated heterocycles. The van der Waals surface area contributed by atoms with Crippen LogP contribution >= 0.6 is 0 Å². The summed E-state index contributed by atoms with van der Waals surface area (Å²) in [6.07, 6.45) is 6.03. The Labute approximate surface area is 102 Å². The van der Waals surface area contributed by atoms with Crippen LogP contribution in [-0.4, -0.2) is 7.11 Å². The molecule has 0 heterocycles. The van der Waals surface area contributed by atoms with Gasteiger partial charge in [-0.2, -0.15) is 5.48 Å². The lowest BCUT2D eigenvalue weighted by molar-refractivity contribution is 0.0866. The first kappa shape index (κ1) is 12.5. The molecule has 1 saturated carbocycles. The lowest BCUT2D eigenvalue weighted by Crippen LogP contribution is -2.12. The lowest BCUT2D eigenvalue weighted by atomic mass is 9.83. The first-order chi connectivity index (χ1) is 8.31. The van der Waals surface area contributed by atoms with Gasteiger partial charge in [0.25, 0.3) is 0 Å². The highest BCUT2D eigenvalue weighted by molar-refractivity contribution is 5.27. The summed E-state index contributed by atoms with van der Waals surface area (Å²) in [6, 6.07) is 5.55. The van der Waals surface area contributed by atoms with Crippen molar-refractivity contribution < 1.29 is 9.23 Å². The zero-order chi connectivity index (χ0) is 12.1. The fourth-order valence-corrected chi connectivity index (χ4v) is 2.58. The van der Waals surface area contributed by atoms with E-state index in [-0.39, 0.29) is 5.82 Å². The Hall–Kier alpha value is -0.930. The predicted molar refractivity (Wildman–Crippen MR) is 66.1 cm³/mol. The van der Waals surface area contributed by atoms with E-state index in [1.165, 1.54) is 19.3 Å². The van der Waals surface area contributed by atoms with Crippen LogP contribution in [0.25, 0.3) is 0 Å². The number of hydrogen-bond donors (Lipinski definition) is 1. The van der Waals surface area contributed by atoms with E-state index in [4.69, 9.17) is 4.84 Å². The van der Waals surface area contributed by atoms with E-state index in [1.54, 1.807) is 13.2 Å². The van der Waals surface area contributed by atoms with Crippen LogP contribution in [0.4, 0.5) is 4.39 Å². The average molecular weight is 237 g/mol. The summed E-state index contributed by atoms with van der Waals surface area (Å²) in [4.78, 5) is 4.76. The molecule has 2 nitrogen and oxygen atoms in total. The smallest absolute Gasteiger partial charge is 0.127 e. The number of hydrogen-bond acceptors (Lipinski definition) is 2. The van der Waals surface area contributed by atoms with Gasteiger partial charge in [0, 0.05) is 6.54 Å². The zero-order valence-corrected chi connectivity index (χ0v) is 10.3. The fraction of sp³-hybridized carbons (Fsp3) is 0.571. The van der Waals surface area contributed by atoms with Gasteiger partial charge >= 0.3 is 0 Å². The molecule has 1 aromatic carbocycles. The van der Waals surface area contributed by atoms with Crippen molar-refractivity contribution in [2.24, 2.45) is 0 Å². The molecule has 94 valence electrons. The van der Waals surface area contributed by atoms with Crippen molar-refractivity contribution >= 4 is 0 Å². The standard InChI is InChI=1S/C14H20FNO/c1-17-16-10-11-7-8-13(14(15)9-11)12-5-3-2-4-6-12/h7-9,12,16H,2-6,10H2,1H3. The predicted octanol–water partition coefficient (Wildman–Crippen LogP) is 3.52. The average Bonchev–Trinajstić information content (AvgIpc) is 2.37. The van der Waals surface area contributed by atoms with Gasteiger partial charge in [0.05, 0.1) is 7.11 Å². The van der Waals surface area contributed by atoms with Gasteiger partial charge in [0.15, 0.2) is 0 Å². The van der Waals surface area contributed by atoms with E-state index in [0.717, 1.165) is 24.0 Å². The number of hydroxylamine groups is 1. The van der Waals surface area contributed by atoms with Crippen molar-refractivity contribution in [3.63, 3.8) is 0 Å². The molecule has 1 N–H and O–H groups in total. The molecule has 0 atom stereocenters. The van der Waals surface area contributed by atoms with Crippen LogP contribution in [0.3, 0.4) is 0 Å². The maximum absolute atomic E-state index is 14.0. The first-order valence-electron chi connectivity index (χ1n) is 6.35. The molecule has 1 aliphatic rings. The summed E-state index contributed by atoms with van der Waals surface area (Å²) >= 11 is 0. The van der Waals surface area contributed by atoms with E-state index >= 15 is 0 Å². The molecule has 2 rings (SSSR count). The molecule has 17 heavy (non-hydrogen) atoms. The van der Waals surface area contributed by atoms with Crippen molar-refractivity contribution in [3.05, 3.63) is 35.1 Å². The lowest BCUT2D eigenvalue weighted by Gasteiger charge is -2.22. The second kappa shape index (κ2) is 6.12. The van der Waals surface area contributed by atoms with E-state index < -0.39 is 0 Å². The van der Waals surface area contributed by atoms with Crippen molar-refractivity contribution in [3.8, 4) is 0 Å².